The van der Waals surface area contributed by atoms with Crippen LogP contribution in [0.2, 0.25) is 0 Å². The molecule has 2 rings (SSSR count). The fourth-order valence-electron chi connectivity index (χ4n) is 2.88. The standard InChI is InChI=1S/C19H26O5/c1-15(20)23-13-11-22-12-14-24-18-9-7-17(8-10-18)19(21)16-5-3-2-4-6-16/h7-10,16H,2-6,11-14H2,1H3. The third-order valence-corrected chi connectivity index (χ3v) is 4.14. The summed E-state index contributed by atoms with van der Waals surface area (Å²) in [4.78, 5) is 23.0. The Kier molecular flexibility index (Phi) is 7.75. The van der Waals surface area contributed by atoms with Gasteiger partial charge in [-0.1, -0.05) is 19.3 Å². The van der Waals surface area contributed by atoms with Gasteiger partial charge in [0.05, 0.1) is 13.2 Å². The van der Waals surface area contributed by atoms with E-state index in [0.717, 1.165) is 37.0 Å². The van der Waals surface area contributed by atoms with Crippen molar-refractivity contribution in [3.05, 3.63) is 29.8 Å². The topological polar surface area (TPSA) is 61.8 Å². The van der Waals surface area contributed by atoms with E-state index in [0.29, 0.717) is 19.8 Å². The number of carbonyl (C=O) groups is 2. The number of hydrogen-bond donors (Lipinski definition) is 0. The van der Waals surface area contributed by atoms with Gasteiger partial charge < -0.3 is 14.2 Å². The maximum Gasteiger partial charge on any atom is 0.302 e. The maximum atomic E-state index is 12.4. The number of ketones is 1. The Hall–Kier alpha value is -1.88. The molecule has 0 atom stereocenters. The molecule has 5 nitrogen and oxygen atoms in total. The maximum absolute atomic E-state index is 12.4. The van der Waals surface area contributed by atoms with Gasteiger partial charge in [0.1, 0.15) is 19.0 Å². The molecule has 0 amide bonds. The number of Topliss-reactive ketones (excluding diaryl/α,β-unsaturated/α-hetero) is 1. The Balaban J connectivity index is 1.66. The minimum absolute atomic E-state index is 0.191. The van der Waals surface area contributed by atoms with Gasteiger partial charge in [-0.05, 0) is 37.1 Å². The van der Waals surface area contributed by atoms with Crippen LogP contribution in [0.15, 0.2) is 24.3 Å². The fraction of sp³-hybridized carbons (Fsp3) is 0.579. The summed E-state index contributed by atoms with van der Waals surface area (Å²) in [5, 5.41) is 0. The molecule has 0 radical (unpaired) electrons. The van der Waals surface area contributed by atoms with Crippen LogP contribution in [0.5, 0.6) is 5.75 Å². The SMILES string of the molecule is CC(=O)OCCOCCOc1ccc(C(=O)C2CCCCC2)cc1. The summed E-state index contributed by atoms with van der Waals surface area (Å²) in [6.07, 6.45) is 5.60. The first-order valence-electron chi connectivity index (χ1n) is 8.65. The van der Waals surface area contributed by atoms with Crippen molar-refractivity contribution in [2.24, 2.45) is 5.92 Å². The molecule has 132 valence electrons. The molecule has 1 saturated carbocycles. The van der Waals surface area contributed by atoms with E-state index < -0.39 is 0 Å². The Labute approximate surface area is 143 Å². The molecule has 1 aliphatic carbocycles. The zero-order valence-corrected chi connectivity index (χ0v) is 14.3. The van der Waals surface area contributed by atoms with Gasteiger partial charge in [-0.2, -0.15) is 0 Å². The molecule has 1 aromatic rings. The highest BCUT2D eigenvalue weighted by Gasteiger charge is 2.22. The molecule has 0 aliphatic heterocycles. The third-order valence-electron chi connectivity index (χ3n) is 4.14. The average molecular weight is 334 g/mol. The van der Waals surface area contributed by atoms with E-state index in [2.05, 4.69) is 0 Å². The number of benzene rings is 1. The zero-order chi connectivity index (χ0) is 17.2. The predicted octanol–water partition coefficient (Wildman–Crippen LogP) is 3.41. The second-order valence-corrected chi connectivity index (χ2v) is 6.02. The monoisotopic (exact) mass is 334 g/mol. The van der Waals surface area contributed by atoms with Crippen molar-refractivity contribution in [1.82, 2.24) is 0 Å². The van der Waals surface area contributed by atoms with Crippen LogP contribution in [0.4, 0.5) is 0 Å². The second kappa shape index (κ2) is 10.1. The molecule has 5 heteroatoms. The summed E-state index contributed by atoms with van der Waals surface area (Å²) in [5.41, 5.74) is 0.770. The minimum Gasteiger partial charge on any atom is -0.491 e. The van der Waals surface area contributed by atoms with Crippen molar-refractivity contribution < 1.29 is 23.8 Å². The first kappa shape index (κ1) is 18.5. The van der Waals surface area contributed by atoms with Crippen LogP contribution < -0.4 is 4.74 Å². The lowest BCUT2D eigenvalue weighted by molar-refractivity contribution is -0.142. The third kappa shape index (κ3) is 6.32. The number of hydrogen-bond acceptors (Lipinski definition) is 5. The van der Waals surface area contributed by atoms with Gasteiger partial charge in [-0.3, -0.25) is 9.59 Å². The van der Waals surface area contributed by atoms with Crippen LogP contribution in [-0.2, 0) is 14.3 Å². The number of esters is 1. The molecule has 1 aliphatic rings. The van der Waals surface area contributed by atoms with Gasteiger partial charge >= 0.3 is 5.97 Å². The number of carbonyl (C=O) groups excluding carboxylic acids is 2. The molecule has 0 bridgehead atoms. The Morgan fingerprint density at radius 1 is 0.958 bits per heavy atom. The van der Waals surface area contributed by atoms with Gasteiger partial charge in [0.25, 0.3) is 0 Å². The number of rotatable bonds is 9. The van der Waals surface area contributed by atoms with Crippen LogP contribution >= 0.6 is 0 Å². The minimum atomic E-state index is -0.308. The first-order chi connectivity index (χ1) is 11.7. The summed E-state index contributed by atoms with van der Waals surface area (Å²) in [5.74, 6) is 0.864. The van der Waals surface area contributed by atoms with E-state index >= 15 is 0 Å². The van der Waals surface area contributed by atoms with Crippen molar-refractivity contribution in [1.29, 1.82) is 0 Å². The van der Waals surface area contributed by atoms with Crippen LogP contribution in [0.25, 0.3) is 0 Å². The molecule has 1 aromatic carbocycles. The molecule has 1 fully saturated rings. The smallest absolute Gasteiger partial charge is 0.302 e. The first-order valence-corrected chi connectivity index (χ1v) is 8.65. The van der Waals surface area contributed by atoms with Gasteiger partial charge in [-0.15, -0.1) is 0 Å². The lowest BCUT2D eigenvalue weighted by atomic mass is 9.84. The van der Waals surface area contributed by atoms with Crippen LogP contribution in [0.3, 0.4) is 0 Å². The summed E-state index contributed by atoms with van der Waals surface area (Å²) >= 11 is 0. The predicted molar refractivity (Wildman–Crippen MR) is 90.3 cm³/mol. The Morgan fingerprint density at radius 3 is 2.29 bits per heavy atom. The molecule has 0 saturated heterocycles. The molecule has 0 spiro atoms. The molecule has 0 N–H and O–H groups in total. The number of ether oxygens (including phenoxy) is 3. The van der Waals surface area contributed by atoms with E-state index in [4.69, 9.17) is 14.2 Å². The molecular formula is C19H26O5. The molecule has 0 heterocycles. The van der Waals surface area contributed by atoms with E-state index in [1.54, 1.807) is 0 Å². The zero-order valence-electron chi connectivity index (χ0n) is 14.3. The van der Waals surface area contributed by atoms with E-state index in [9.17, 15) is 9.59 Å². The Morgan fingerprint density at radius 2 is 1.62 bits per heavy atom. The summed E-state index contributed by atoms with van der Waals surface area (Å²) < 4.78 is 15.6. The lowest BCUT2D eigenvalue weighted by Crippen LogP contribution is -2.17. The van der Waals surface area contributed by atoms with Gasteiger partial charge in [0.2, 0.25) is 0 Å². The normalized spacial score (nSPS) is 15.0. The van der Waals surface area contributed by atoms with Crippen LogP contribution in [0, 0.1) is 5.92 Å². The second-order valence-electron chi connectivity index (χ2n) is 6.02. The summed E-state index contributed by atoms with van der Waals surface area (Å²) in [6.45, 7) is 2.82. The van der Waals surface area contributed by atoms with E-state index in [1.807, 2.05) is 24.3 Å². The van der Waals surface area contributed by atoms with Crippen LogP contribution in [-0.4, -0.2) is 38.2 Å². The van der Waals surface area contributed by atoms with Crippen LogP contribution in [0.1, 0.15) is 49.4 Å². The highest BCUT2D eigenvalue weighted by atomic mass is 16.6. The van der Waals surface area contributed by atoms with Gasteiger partial charge in [-0.25, -0.2) is 0 Å². The largest absolute Gasteiger partial charge is 0.491 e. The quantitative estimate of drug-likeness (QED) is 0.393. The van der Waals surface area contributed by atoms with Crippen molar-refractivity contribution in [2.75, 3.05) is 26.4 Å². The fourth-order valence-corrected chi connectivity index (χ4v) is 2.88. The highest BCUT2D eigenvalue weighted by Crippen LogP contribution is 2.27. The Bertz CT molecular complexity index is 517. The van der Waals surface area contributed by atoms with Crippen molar-refractivity contribution in [3.8, 4) is 5.75 Å². The van der Waals surface area contributed by atoms with E-state index in [1.165, 1.54) is 13.3 Å². The van der Waals surface area contributed by atoms with Crippen molar-refractivity contribution in [3.63, 3.8) is 0 Å². The molecule has 24 heavy (non-hydrogen) atoms. The molecule has 0 aromatic heterocycles. The van der Waals surface area contributed by atoms with Gasteiger partial charge in [0, 0.05) is 18.4 Å². The average Bonchev–Trinajstić information content (AvgIpc) is 2.61. The molecule has 0 unspecified atom stereocenters. The highest BCUT2D eigenvalue weighted by molar-refractivity contribution is 5.97. The summed E-state index contributed by atoms with van der Waals surface area (Å²) in [7, 11) is 0. The lowest BCUT2D eigenvalue weighted by Gasteiger charge is -2.20. The van der Waals surface area contributed by atoms with Crippen molar-refractivity contribution >= 4 is 11.8 Å². The van der Waals surface area contributed by atoms with E-state index in [-0.39, 0.29) is 24.3 Å². The molecular weight excluding hydrogens is 308 g/mol. The van der Waals surface area contributed by atoms with Gasteiger partial charge in [0.15, 0.2) is 5.78 Å². The summed E-state index contributed by atoms with van der Waals surface area (Å²) in [6, 6.07) is 7.34. The van der Waals surface area contributed by atoms with Crippen molar-refractivity contribution in [2.45, 2.75) is 39.0 Å².